The molecule has 0 bridgehead atoms. The van der Waals surface area contributed by atoms with Crippen molar-refractivity contribution in [2.75, 3.05) is 27.3 Å². The number of hydrogen-bond acceptors (Lipinski definition) is 4. The molecule has 2 unspecified atom stereocenters. The lowest BCUT2D eigenvalue weighted by Crippen LogP contribution is -2.43. The van der Waals surface area contributed by atoms with Gasteiger partial charge in [0.05, 0.1) is 14.2 Å². The standard InChI is InChI=1S/C13H20N2O2/c1-16-9-3-4-10(13(7-9)17-2)11-8-15-6-5-12(11)14/h3-4,7,11-12,15H,5-6,8,14H2,1-2H3. The molecular formula is C13H20N2O2. The molecule has 1 aromatic carbocycles. The maximum atomic E-state index is 6.18. The zero-order valence-corrected chi connectivity index (χ0v) is 10.4. The van der Waals surface area contributed by atoms with Gasteiger partial charge in [0, 0.05) is 30.1 Å². The summed E-state index contributed by atoms with van der Waals surface area (Å²) in [6.45, 7) is 1.90. The Morgan fingerprint density at radius 2 is 2.12 bits per heavy atom. The van der Waals surface area contributed by atoms with Crippen LogP contribution < -0.4 is 20.5 Å². The molecule has 3 N–H and O–H groups in total. The SMILES string of the molecule is COc1ccc(C2CNCCC2N)c(OC)c1. The highest BCUT2D eigenvalue weighted by molar-refractivity contribution is 5.43. The summed E-state index contributed by atoms with van der Waals surface area (Å²) in [7, 11) is 3.34. The van der Waals surface area contributed by atoms with E-state index in [1.54, 1.807) is 14.2 Å². The normalized spacial score (nSPS) is 24.4. The zero-order chi connectivity index (χ0) is 12.3. The monoisotopic (exact) mass is 236 g/mol. The molecule has 1 saturated heterocycles. The lowest BCUT2D eigenvalue weighted by Gasteiger charge is -2.30. The van der Waals surface area contributed by atoms with Crippen molar-refractivity contribution in [2.45, 2.75) is 18.4 Å². The molecule has 4 heteroatoms. The highest BCUT2D eigenvalue weighted by Gasteiger charge is 2.25. The predicted molar refractivity (Wildman–Crippen MR) is 67.7 cm³/mol. The maximum Gasteiger partial charge on any atom is 0.126 e. The highest BCUT2D eigenvalue weighted by Crippen LogP contribution is 2.33. The number of benzene rings is 1. The van der Waals surface area contributed by atoms with Crippen molar-refractivity contribution < 1.29 is 9.47 Å². The third-order valence-corrected chi connectivity index (χ3v) is 3.38. The van der Waals surface area contributed by atoms with Crippen molar-refractivity contribution in [3.8, 4) is 11.5 Å². The van der Waals surface area contributed by atoms with Crippen molar-refractivity contribution in [1.29, 1.82) is 0 Å². The molecule has 1 fully saturated rings. The Hall–Kier alpha value is -1.26. The van der Waals surface area contributed by atoms with Crippen molar-refractivity contribution in [3.63, 3.8) is 0 Å². The summed E-state index contributed by atoms with van der Waals surface area (Å²) in [5.74, 6) is 1.97. The molecule has 1 heterocycles. The molecule has 1 aliphatic heterocycles. The van der Waals surface area contributed by atoms with Crippen LogP contribution in [0, 0.1) is 0 Å². The second-order valence-corrected chi connectivity index (χ2v) is 4.37. The lowest BCUT2D eigenvalue weighted by molar-refractivity contribution is 0.365. The lowest BCUT2D eigenvalue weighted by atomic mass is 9.87. The average Bonchev–Trinajstić information content (AvgIpc) is 2.38. The van der Waals surface area contributed by atoms with E-state index in [4.69, 9.17) is 15.2 Å². The molecular weight excluding hydrogens is 216 g/mol. The summed E-state index contributed by atoms with van der Waals surface area (Å²) in [6.07, 6.45) is 1.000. The molecule has 17 heavy (non-hydrogen) atoms. The van der Waals surface area contributed by atoms with Gasteiger partial charge < -0.3 is 20.5 Å². The van der Waals surface area contributed by atoms with Crippen LogP contribution in [0.1, 0.15) is 17.9 Å². The van der Waals surface area contributed by atoms with Crippen LogP contribution in [-0.4, -0.2) is 33.4 Å². The fourth-order valence-corrected chi connectivity index (χ4v) is 2.34. The Morgan fingerprint density at radius 3 is 2.76 bits per heavy atom. The van der Waals surface area contributed by atoms with Crippen LogP contribution in [0.15, 0.2) is 18.2 Å². The average molecular weight is 236 g/mol. The summed E-state index contributed by atoms with van der Waals surface area (Å²) >= 11 is 0. The van der Waals surface area contributed by atoms with Gasteiger partial charge in [-0.05, 0) is 19.0 Å². The first-order valence-electron chi connectivity index (χ1n) is 5.94. The van der Waals surface area contributed by atoms with E-state index in [9.17, 15) is 0 Å². The van der Waals surface area contributed by atoms with Crippen LogP contribution in [0.5, 0.6) is 11.5 Å². The van der Waals surface area contributed by atoms with Crippen LogP contribution in [-0.2, 0) is 0 Å². The van der Waals surface area contributed by atoms with Gasteiger partial charge in [-0.15, -0.1) is 0 Å². The smallest absolute Gasteiger partial charge is 0.126 e. The molecule has 1 aromatic rings. The van der Waals surface area contributed by atoms with Crippen LogP contribution in [0.3, 0.4) is 0 Å². The molecule has 0 aliphatic carbocycles. The van der Waals surface area contributed by atoms with Gasteiger partial charge in [-0.3, -0.25) is 0 Å². The van der Waals surface area contributed by atoms with E-state index in [1.165, 1.54) is 0 Å². The molecule has 2 rings (SSSR count). The van der Waals surface area contributed by atoms with Gasteiger partial charge in [-0.2, -0.15) is 0 Å². The Balaban J connectivity index is 2.30. The number of nitrogens with one attached hydrogen (secondary N) is 1. The first-order chi connectivity index (χ1) is 8.26. The number of methoxy groups -OCH3 is 2. The Bertz CT molecular complexity index is 382. The van der Waals surface area contributed by atoms with Gasteiger partial charge >= 0.3 is 0 Å². The van der Waals surface area contributed by atoms with Gasteiger partial charge in [0.1, 0.15) is 11.5 Å². The first kappa shape index (κ1) is 12.2. The Morgan fingerprint density at radius 1 is 1.29 bits per heavy atom. The highest BCUT2D eigenvalue weighted by atomic mass is 16.5. The number of rotatable bonds is 3. The molecule has 94 valence electrons. The fourth-order valence-electron chi connectivity index (χ4n) is 2.34. The van der Waals surface area contributed by atoms with E-state index < -0.39 is 0 Å². The van der Waals surface area contributed by atoms with Gasteiger partial charge in [-0.1, -0.05) is 6.07 Å². The minimum atomic E-state index is 0.193. The van der Waals surface area contributed by atoms with Crippen LogP contribution in [0.2, 0.25) is 0 Å². The molecule has 0 saturated carbocycles. The van der Waals surface area contributed by atoms with Crippen molar-refractivity contribution in [1.82, 2.24) is 5.32 Å². The predicted octanol–water partition coefficient (Wildman–Crippen LogP) is 1.11. The van der Waals surface area contributed by atoms with Gasteiger partial charge in [0.15, 0.2) is 0 Å². The Labute approximate surface area is 102 Å². The summed E-state index contributed by atoms with van der Waals surface area (Å²) in [4.78, 5) is 0. The second-order valence-electron chi connectivity index (χ2n) is 4.37. The number of hydrogen-bond donors (Lipinski definition) is 2. The molecule has 0 aromatic heterocycles. The van der Waals surface area contributed by atoms with Gasteiger partial charge in [0.25, 0.3) is 0 Å². The minimum absolute atomic E-state index is 0.193. The summed E-state index contributed by atoms with van der Waals surface area (Å²) in [6, 6.07) is 6.11. The van der Waals surface area contributed by atoms with E-state index in [0.29, 0.717) is 5.92 Å². The van der Waals surface area contributed by atoms with Gasteiger partial charge in [-0.25, -0.2) is 0 Å². The molecule has 4 nitrogen and oxygen atoms in total. The molecule has 0 spiro atoms. The van der Waals surface area contributed by atoms with E-state index in [0.717, 1.165) is 36.6 Å². The van der Waals surface area contributed by atoms with E-state index in [1.807, 2.05) is 12.1 Å². The van der Waals surface area contributed by atoms with Crippen molar-refractivity contribution in [2.24, 2.45) is 5.73 Å². The summed E-state index contributed by atoms with van der Waals surface area (Å²) in [5, 5.41) is 3.38. The quantitative estimate of drug-likeness (QED) is 0.825. The zero-order valence-electron chi connectivity index (χ0n) is 10.4. The second kappa shape index (κ2) is 5.38. The largest absolute Gasteiger partial charge is 0.497 e. The van der Waals surface area contributed by atoms with Gasteiger partial charge in [0.2, 0.25) is 0 Å². The van der Waals surface area contributed by atoms with E-state index in [-0.39, 0.29) is 6.04 Å². The number of piperidine rings is 1. The third-order valence-electron chi connectivity index (χ3n) is 3.38. The number of nitrogens with two attached hydrogens (primary N) is 1. The Kier molecular flexibility index (Phi) is 3.86. The van der Waals surface area contributed by atoms with Crippen molar-refractivity contribution >= 4 is 0 Å². The molecule has 0 radical (unpaired) electrons. The third kappa shape index (κ3) is 2.53. The minimum Gasteiger partial charge on any atom is -0.497 e. The molecule has 1 aliphatic rings. The fraction of sp³-hybridized carbons (Fsp3) is 0.538. The molecule has 0 amide bonds. The van der Waals surface area contributed by atoms with Crippen LogP contribution in [0.4, 0.5) is 0 Å². The number of ether oxygens (including phenoxy) is 2. The molecule has 2 atom stereocenters. The summed E-state index contributed by atoms with van der Waals surface area (Å²) in [5.41, 5.74) is 7.34. The van der Waals surface area contributed by atoms with Crippen LogP contribution >= 0.6 is 0 Å². The first-order valence-corrected chi connectivity index (χ1v) is 5.94. The van der Waals surface area contributed by atoms with Crippen LogP contribution in [0.25, 0.3) is 0 Å². The van der Waals surface area contributed by atoms with E-state index in [2.05, 4.69) is 11.4 Å². The maximum absolute atomic E-state index is 6.18. The topological polar surface area (TPSA) is 56.5 Å². The van der Waals surface area contributed by atoms with Crippen molar-refractivity contribution in [3.05, 3.63) is 23.8 Å². The summed E-state index contributed by atoms with van der Waals surface area (Å²) < 4.78 is 10.6. The van der Waals surface area contributed by atoms with E-state index >= 15 is 0 Å².